The van der Waals surface area contributed by atoms with E-state index in [0.29, 0.717) is 5.13 Å². The highest BCUT2D eigenvalue weighted by atomic mass is 32.2. The fourth-order valence-electron chi connectivity index (χ4n) is 2.89. The molecule has 1 aromatic heterocycles. The van der Waals surface area contributed by atoms with Crippen molar-refractivity contribution in [2.24, 2.45) is 0 Å². The van der Waals surface area contributed by atoms with Crippen LogP contribution in [0.15, 0.2) is 77.0 Å². The van der Waals surface area contributed by atoms with Crippen LogP contribution in [0.4, 0.5) is 5.13 Å². The van der Waals surface area contributed by atoms with Crippen LogP contribution in [0.5, 0.6) is 0 Å². The molecule has 4 rings (SSSR count). The number of nitrogens with zero attached hydrogens (tertiary/aromatic N) is 1. The molecule has 0 saturated heterocycles. The van der Waals surface area contributed by atoms with Crippen molar-refractivity contribution in [2.75, 3.05) is 5.32 Å². The summed E-state index contributed by atoms with van der Waals surface area (Å²) in [6.07, 6.45) is 0. The van der Waals surface area contributed by atoms with Crippen LogP contribution >= 0.6 is 23.1 Å². The lowest BCUT2D eigenvalue weighted by atomic mass is 10.1. The molecule has 1 amide bonds. The number of hydrogen-bond acceptors (Lipinski definition) is 4. The first-order valence-corrected chi connectivity index (χ1v) is 10.8. The molecule has 140 valence electrons. The summed E-state index contributed by atoms with van der Waals surface area (Å²) < 4.78 is 0. The van der Waals surface area contributed by atoms with E-state index in [1.54, 1.807) is 11.8 Å². The molecule has 0 bridgehead atoms. The van der Waals surface area contributed by atoms with Gasteiger partial charge in [-0.3, -0.25) is 4.79 Å². The molecule has 1 N–H and O–H groups in total. The third kappa shape index (κ3) is 4.26. The standard InChI is InChI=1S/C23H20N2OS2/c1-15-7-11-20(12-8-15)28-16(2)22(26)25-23-24-21(14-27-23)19-10-9-17-5-3-4-6-18(17)13-19/h3-14,16H,1-2H3,(H,24,25,26). The summed E-state index contributed by atoms with van der Waals surface area (Å²) in [5.41, 5.74) is 3.15. The summed E-state index contributed by atoms with van der Waals surface area (Å²) in [7, 11) is 0. The molecule has 28 heavy (non-hydrogen) atoms. The molecule has 0 saturated carbocycles. The molecular formula is C23H20N2OS2. The molecule has 0 aliphatic carbocycles. The zero-order valence-corrected chi connectivity index (χ0v) is 17.3. The van der Waals surface area contributed by atoms with Crippen LogP contribution < -0.4 is 5.32 Å². The number of carbonyl (C=O) groups is 1. The lowest BCUT2D eigenvalue weighted by Crippen LogP contribution is -2.22. The maximum absolute atomic E-state index is 12.5. The molecule has 1 atom stereocenters. The third-order valence-electron chi connectivity index (χ3n) is 4.48. The minimum atomic E-state index is -0.198. The predicted octanol–water partition coefficient (Wildman–Crippen LogP) is 6.39. The highest BCUT2D eigenvalue weighted by Gasteiger charge is 2.16. The lowest BCUT2D eigenvalue weighted by Gasteiger charge is -2.10. The summed E-state index contributed by atoms with van der Waals surface area (Å²) >= 11 is 3.00. The number of thiazole rings is 1. The van der Waals surface area contributed by atoms with Gasteiger partial charge in [-0.25, -0.2) is 4.98 Å². The SMILES string of the molecule is Cc1ccc(SC(C)C(=O)Nc2nc(-c3ccc4ccccc4c3)cs2)cc1. The highest BCUT2D eigenvalue weighted by molar-refractivity contribution is 8.00. The maximum Gasteiger partial charge on any atom is 0.239 e. The van der Waals surface area contributed by atoms with Gasteiger partial charge in [0, 0.05) is 15.8 Å². The van der Waals surface area contributed by atoms with Gasteiger partial charge in [0.2, 0.25) is 5.91 Å². The number of fused-ring (bicyclic) bond motifs is 1. The number of aryl methyl sites for hydroxylation is 1. The fraction of sp³-hybridized carbons (Fsp3) is 0.130. The largest absolute Gasteiger partial charge is 0.301 e. The summed E-state index contributed by atoms with van der Waals surface area (Å²) in [4.78, 5) is 18.2. The number of benzene rings is 3. The molecule has 4 aromatic rings. The third-order valence-corrected chi connectivity index (χ3v) is 6.35. The molecule has 3 nitrogen and oxygen atoms in total. The van der Waals surface area contributed by atoms with Crippen LogP contribution in [0.1, 0.15) is 12.5 Å². The molecule has 0 radical (unpaired) electrons. The van der Waals surface area contributed by atoms with E-state index in [9.17, 15) is 4.79 Å². The quantitative estimate of drug-likeness (QED) is 0.392. The van der Waals surface area contributed by atoms with E-state index in [4.69, 9.17) is 0 Å². The Kier molecular flexibility index (Phi) is 5.46. The van der Waals surface area contributed by atoms with E-state index in [-0.39, 0.29) is 11.2 Å². The van der Waals surface area contributed by atoms with Crippen LogP contribution in [0.3, 0.4) is 0 Å². The summed E-state index contributed by atoms with van der Waals surface area (Å²) in [6, 6.07) is 22.8. The van der Waals surface area contributed by atoms with Crippen LogP contribution in [-0.4, -0.2) is 16.1 Å². The number of aromatic nitrogens is 1. The Morgan fingerprint density at radius 3 is 2.57 bits per heavy atom. The number of carbonyl (C=O) groups excluding carboxylic acids is 1. The van der Waals surface area contributed by atoms with Gasteiger partial charge in [-0.2, -0.15) is 0 Å². The van der Waals surface area contributed by atoms with Gasteiger partial charge in [0.15, 0.2) is 5.13 Å². The Bertz CT molecular complexity index is 1120. The Balaban J connectivity index is 1.44. The van der Waals surface area contributed by atoms with Gasteiger partial charge in [0.1, 0.15) is 0 Å². The normalized spacial score (nSPS) is 12.1. The number of amides is 1. The average Bonchev–Trinajstić information content (AvgIpc) is 3.17. The topological polar surface area (TPSA) is 42.0 Å². The second kappa shape index (κ2) is 8.17. The number of nitrogens with one attached hydrogen (secondary N) is 1. The van der Waals surface area contributed by atoms with E-state index in [0.717, 1.165) is 16.2 Å². The molecule has 0 aliphatic rings. The van der Waals surface area contributed by atoms with Crippen molar-refractivity contribution in [1.82, 2.24) is 4.98 Å². The van der Waals surface area contributed by atoms with Crippen molar-refractivity contribution >= 4 is 44.9 Å². The van der Waals surface area contributed by atoms with Crippen molar-refractivity contribution in [3.05, 3.63) is 77.7 Å². The van der Waals surface area contributed by atoms with Crippen molar-refractivity contribution in [3.8, 4) is 11.3 Å². The van der Waals surface area contributed by atoms with Gasteiger partial charge in [0.25, 0.3) is 0 Å². The number of rotatable bonds is 5. The Hall–Kier alpha value is -2.63. The van der Waals surface area contributed by atoms with Gasteiger partial charge in [-0.05, 0) is 42.8 Å². The molecule has 1 heterocycles. The smallest absolute Gasteiger partial charge is 0.239 e. The first-order valence-electron chi connectivity index (χ1n) is 9.07. The number of hydrogen-bond donors (Lipinski definition) is 1. The summed E-state index contributed by atoms with van der Waals surface area (Å²) in [5, 5.41) is 7.75. The van der Waals surface area contributed by atoms with E-state index in [1.165, 1.54) is 27.7 Å². The maximum atomic E-state index is 12.5. The van der Waals surface area contributed by atoms with Crippen LogP contribution in [0, 0.1) is 6.92 Å². The summed E-state index contributed by atoms with van der Waals surface area (Å²) in [6.45, 7) is 3.97. The lowest BCUT2D eigenvalue weighted by molar-refractivity contribution is -0.115. The second-order valence-electron chi connectivity index (χ2n) is 6.66. The Morgan fingerprint density at radius 2 is 1.79 bits per heavy atom. The van der Waals surface area contributed by atoms with Crippen molar-refractivity contribution < 1.29 is 4.79 Å². The van der Waals surface area contributed by atoms with Crippen molar-refractivity contribution in [1.29, 1.82) is 0 Å². The molecule has 5 heteroatoms. The van der Waals surface area contributed by atoms with E-state index in [1.807, 2.05) is 36.6 Å². The van der Waals surface area contributed by atoms with E-state index < -0.39 is 0 Å². The second-order valence-corrected chi connectivity index (χ2v) is 8.93. The van der Waals surface area contributed by atoms with Gasteiger partial charge in [-0.15, -0.1) is 23.1 Å². The van der Waals surface area contributed by atoms with Crippen LogP contribution in [0.2, 0.25) is 0 Å². The molecule has 0 aliphatic heterocycles. The molecular weight excluding hydrogens is 384 g/mol. The predicted molar refractivity (Wildman–Crippen MR) is 120 cm³/mol. The first-order chi connectivity index (χ1) is 13.6. The van der Waals surface area contributed by atoms with Crippen LogP contribution in [0.25, 0.3) is 22.0 Å². The minimum Gasteiger partial charge on any atom is -0.301 e. The van der Waals surface area contributed by atoms with Gasteiger partial charge in [0.05, 0.1) is 10.9 Å². The Labute approximate surface area is 172 Å². The molecule has 3 aromatic carbocycles. The number of thioether (sulfide) groups is 1. The van der Waals surface area contributed by atoms with Gasteiger partial charge in [-0.1, -0.05) is 54.1 Å². The molecule has 0 fully saturated rings. The van der Waals surface area contributed by atoms with E-state index in [2.05, 4.69) is 59.7 Å². The van der Waals surface area contributed by atoms with Crippen molar-refractivity contribution in [3.63, 3.8) is 0 Å². The zero-order valence-electron chi connectivity index (χ0n) is 15.7. The Morgan fingerprint density at radius 1 is 1.04 bits per heavy atom. The monoisotopic (exact) mass is 404 g/mol. The van der Waals surface area contributed by atoms with Crippen molar-refractivity contribution in [2.45, 2.75) is 24.0 Å². The molecule has 1 unspecified atom stereocenters. The molecule has 0 spiro atoms. The highest BCUT2D eigenvalue weighted by Crippen LogP contribution is 2.29. The summed E-state index contributed by atoms with van der Waals surface area (Å²) in [5.74, 6) is -0.0370. The van der Waals surface area contributed by atoms with Crippen LogP contribution in [-0.2, 0) is 4.79 Å². The van der Waals surface area contributed by atoms with E-state index >= 15 is 0 Å². The first kappa shape index (κ1) is 18.7. The fourth-order valence-corrected chi connectivity index (χ4v) is 4.48. The zero-order chi connectivity index (χ0) is 19.5. The minimum absolute atomic E-state index is 0.0370. The van der Waals surface area contributed by atoms with Gasteiger partial charge < -0.3 is 5.32 Å². The van der Waals surface area contributed by atoms with Gasteiger partial charge >= 0.3 is 0 Å². The number of anilines is 1. The average molecular weight is 405 g/mol.